The molecule has 1 aliphatic heterocycles. The lowest BCUT2D eigenvalue weighted by atomic mass is 10.0. The molecule has 1 N–H and O–H groups in total. The lowest BCUT2D eigenvalue weighted by Gasteiger charge is -2.27. The van der Waals surface area contributed by atoms with Crippen LogP contribution in [0.25, 0.3) is 10.7 Å². The molecule has 0 unspecified atom stereocenters. The van der Waals surface area contributed by atoms with Gasteiger partial charge in [0.05, 0.1) is 11.4 Å². The third-order valence-corrected chi connectivity index (χ3v) is 8.18. The summed E-state index contributed by atoms with van der Waals surface area (Å²) in [5.41, 5.74) is 2.99. The SMILES string of the molecule is Cc1csc(-c2cc(S(=O)(=O)Nc3ccccc3C(C)C)cn2CC(=O)N2CCCCC2)n1. The molecule has 7 nitrogen and oxygen atoms in total. The zero-order valence-corrected chi connectivity index (χ0v) is 20.9. The van der Waals surface area contributed by atoms with Gasteiger partial charge in [-0.25, -0.2) is 13.4 Å². The van der Waals surface area contributed by atoms with E-state index in [1.807, 2.05) is 49.3 Å². The Morgan fingerprint density at radius 3 is 2.58 bits per heavy atom. The van der Waals surface area contributed by atoms with Gasteiger partial charge >= 0.3 is 0 Å². The van der Waals surface area contributed by atoms with Crippen LogP contribution in [0.3, 0.4) is 0 Å². The first-order valence-corrected chi connectivity index (χ1v) is 13.6. The Morgan fingerprint density at radius 1 is 1.18 bits per heavy atom. The minimum Gasteiger partial charge on any atom is -0.341 e. The molecule has 9 heteroatoms. The summed E-state index contributed by atoms with van der Waals surface area (Å²) >= 11 is 1.44. The number of aryl methyl sites for hydroxylation is 1. The molecule has 176 valence electrons. The zero-order chi connectivity index (χ0) is 23.6. The van der Waals surface area contributed by atoms with E-state index in [1.165, 1.54) is 11.3 Å². The minimum atomic E-state index is -3.85. The molecule has 0 atom stereocenters. The minimum absolute atomic E-state index is 0.00175. The fourth-order valence-electron chi connectivity index (χ4n) is 4.10. The highest BCUT2D eigenvalue weighted by atomic mass is 32.2. The number of carbonyl (C=O) groups is 1. The van der Waals surface area contributed by atoms with Crippen LogP contribution in [-0.2, 0) is 21.4 Å². The van der Waals surface area contributed by atoms with Crippen molar-refractivity contribution in [1.29, 1.82) is 0 Å². The van der Waals surface area contributed by atoms with Crippen LogP contribution < -0.4 is 4.72 Å². The van der Waals surface area contributed by atoms with Crippen molar-refractivity contribution < 1.29 is 13.2 Å². The average Bonchev–Trinajstić information content (AvgIpc) is 3.41. The van der Waals surface area contributed by atoms with Crippen molar-refractivity contribution in [3.8, 4) is 10.7 Å². The second-order valence-corrected chi connectivity index (χ2v) is 11.3. The van der Waals surface area contributed by atoms with Gasteiger partial charge in [0.1, 0.15) is 16.4 Å². The molecule has 3 heterocycles. The summed E-state index contributed by atoms with van der Waals surface area (Å²) in [4.78, 5) is 19.5. The maximum absolute atomic E-state index is 13.3. The number of nitrogens with one attached hydrogen (secondary N) is 1. The Labute approximate surface area is 199 Å². The average molecular weight is 487 g/mol. The number of piperidine rings is 1. The van der Waals surface area contributed by atoms with Gasteiger partial charge in [-0.15, -0.1) is 11.3 Å². The predicted octanol–water partition coefficient (Wildman–Crippen LogP) is 4.86. The van der Waals surface area contributed by atoms with E-state index in [9.17, 15) is 13.2 Å². The van der Waals surface area contributed by atoms with E-state index in [0.717, 1.165) is 43.6 Å². The number of likely N-dealkylation sites (tertiary alicyclic amines) is 1. The van der Waals surface area contributed by atoms with Gasteiger partial charge in [0.25, 0.3) is 10.0 Å². The Balaban J connectivity index is 1.68. The second-order valence-electron chi connectivity index (χ2n) is 8.77. The molecule has 0 aliphatic carbocycles. The number of anilines is 1. The van der Waals surface area contributed by atoms with Crippen LogP contribution in [0.2, 0.25) is 0 Å². The topological polar surface area (TPSA) is 84.3 Å². The van der Waals surface area contributed by atoms with Crippen LogP contribution in [0.15, 0.2) is 46.8 Å². The number of benzene rings is 1. The van der Waals surface area contributed by atoms with Crippen molar-refractivity contribution in [3.05, 3.63) is 53.2 Å². The fourth-order valence-corrected chi connectivity index (χ4v) is 6.05. The Hall–Kier alpha value is -2.65. The zero-order valence-electron chi connectivity index (χ0n) is 19.2. The molecule has 1 amide bonds. The van der Waals surface area contributed by atoms with Crippen LogP contribution in [0, 0.1) is 6.92 Å². The molecule has 33 heavy (non-hydrogen) atoms. The van der Waals surface area contributed by atoms with Crippen LogP contribution in [0.4, 0.5) is 5.69 Å². The number of nitrogens with zero attached hydrogens (tertiary/aromatic N) is 3. The summed E-state index contributed by atoms with van der Waals surface area (Å²) < 4.78 is 31.1. The molecule has 0 spiro atoms. The van der Waals surface area contributed by atoms with E-state index in [1.54, 1.807) is 22.9 Å². The van der Waals surface area contributed by atoms with Crippen LogP contribution >= 0.6 is 11.3 Å². The molecule has 4 rings (SSSR count). The summed E-state index contributed by atoms with van der Waals surface area (Å²) in [6.45, 7) is 7.55. The molecule has 1 aliphatic rings. The first-order valence-electron chi connectivity index (χ1n) is 11.3. The van der Waals surface area contributed by atoms with Gasteiger partial charge in [-0.05, 0) is 49.8 Å². The molecule has 2 aromatic heterocycles. The number of carbonyl (C=O) groups excluding carboxylic acids is 1. The van der Waals surface area contributed by atoms with E-state index >= 15 is 0 Å². The molecule has 1 aromatic carbocycles. The van der Waals surface area contributed by atoms with Gasteiger partial charge in [0.2, 0.25) is 5.91 Å². The smallest absolute Gasteiger partial charge is 0.263 e. The highest BCUT2D eigenvalue weighted by molar-refractivity contribution is 7.92. The monoisotopic (exact) mass is 486 g/mol. The van der Waals surface area contributed by atoms with E-state index in [-0.39, 0.29) is 23.3 Å². The first kappa shape index (κ1) is 23.5. The molecular weight excluding hydrogens is 456 g/mol. The van der Waals surface area contributed by atoms with E-state index in [0.29, 0.717) is 16.4 Å². The standard InChI is InChI=1S/C24H30N4O3S2/c1-17(2)20-9-5-6-10-21(20)26-33(30,31)19-13-22(24-25-18(3)16-32-24)28(14-19)15-23(29)27-11-7-4-8-12-27/h5-6,9-10,13-14,16-17,26H,4,7-8,11-12,15H2,1-3H3. The van der Waals surface area contributed by atoms with Crippen LogP contribution in [0.1, 0.15) is 50.3 Å². The summed E-state index contributed by atoms with van der Waals surface area (Å²) in [7, 11) is -3.85. The van der Waals surface area contributed by atoms with Crippen molar-refractivity contribution >= 4 is 33.0 Å². The highest BCUT2D eigenvalue weighted by Crippen LogP contribution is 2.31. The Morgan fingerprint density at radius 2 is 1.91 bits per heavy atom. The molecule has 1 saturated heterocycles. The normalized spacial score (nSPS) is 14.6. The van der Waals surface area contributed by atoms with Gasteiger partial charge in [0.15, 0.2) is 0 Å². The molecule has 0 radical (unpaired) electrons. The van der Waals surface area contributed by atoms with Crippen molar-refractivity contribution in [2.24, 2.45) is 0 Å². The highest BCUT2D eigenvalue weighted by Gasteiger charge is 2.24. The number of para-hydroxylation sites is 1. The number of sulfonamides is 1. The first-order chi connectivity index (χ1) is 15.7. The largest absolute Gasteiger partial charge is 0.341 e. The third-order valence-electron chi connectivity index (χ3n) is 5.86. The van der Waals surface area contributed by atoms with Gasteiger partial charge in [-0.2, -0.15) is 0 Å². The fraction of sp³-hybridized carbons (Fsp3) is 0.417. The molecule has 3 aromatic rings. The maximum atomic E-state index is 13.3. The number of thiazole rings is 1. The number of aromatic nitrogens is 2. The summed E-state index contributed by atoms with van der Waals surface area (Å²) in [6.07, 6.45) is 4.71. The van der Waals surface area contributed by atoms with Gasteiger partial charge < -0.3 is 9.47 Å². The predicted molar refractivity (Wildman–Crippen MR) is 132 cm³/mol. The number of amides is 1. The molecular formula is C24H30N4O3S2. The maximum Gasteiger partial charge on any atom is 0.263 e. The Kier molecular flexibility index (Phi) is 6.90. The quantitative estimate of drug-likeness (QED) is 0.517. The van der Waals surface area contributed by atoms with Gasteiger partial charge in [-0.3, -0.25) is 9.52 Å². The number of hydrogen-bond acceptors (Lipinski definition) is 5. The van der Waals surface area contributed by atoms with E-state index in [4.69, 9.17) is 0 Å². The van der Waals surface area contributed by atoms with Crippen molar-refractivity contribution in [2.45, 2.75) is 57.4 Å². The summed E-state index contributed by atoms with van der Waals surface area (Å²) in [5.74, 6) is 0.173. The van der Waals surface area contributed by atoms with Crippen molar-refractivity contribution in [3.63, 3.8) is 0 Å². The third kappa shape index (κ3) is 5.30. The number of hydrogen-bond donors (Lipinski definition) is 1. The molecule has 1 fully saturated rings. The Bertz CT molecular complexity index is 1240. The summed E-state index contributed by atoms with van der Waals surface area (Å²) in [5, 5.41) is 2.62. The van der Waals surface area contributed by atoms with Gasteiger partial charge in [-0.1, -0.05) is 32.0 Å². The van der Waals surface area contributed by atoms with Crippen molar-refractivity contribution in [2.75, 3.05) is 17.8 Å². The molecule has 0 saturated carbocycles. The van der Waals surface area contributed by atoms with Gasteiger partial charge in [0, 0.05) is 30.4 Å². The lowest BCUT2D eigenvalue weighted by molar-refractivity contribution is -0.132. The molecule has 0 bridgehead atoms. The van der Waals surface area contributed by atoms with Crippen LogP contribution in [-0.4, -0.2) is 41.9 Å². The lowest BCUT2D eigenvalue weighted by Crippen LogP contribution is -2.37. The van der Waals surface area contributed by atoms with Crippen LogP contribution in [0.5, 0.6) is 0 Å². The number of rotatable bonds is 7. The second kappa shape index (κ2) is 9.69. The van der Waals surface area contributed by atoms with Crippen molar-refractivity contribution in [1.82, 2.24) is 14.5 Å². The van der Waals surface area contributed by atoms with E-state index < -0.39 is 10.0 Å². The summed E-state index contributed by atoms with van der Waals surface area (Å²) in [6, 6.07) is 9.03. The van der Waals surface area contributed by atoms with E-state index in [2.05, 4.69) is 9.71 Å².